The van der Waals surface area contributed by atoms with E-state index in [-0.39, 0.29) is 17.1 Å². The van der Waals surface area contributed by atoms with E-state index >= 15 is 0 Å². The van der Waals surface area contributed by atoms with Crippen molar-refractivity contribution in [2.75, 3.05) is 20.8 Å². The smallest absolute Gasteiger partial charge is 0.290 e. The molecular formula is C29H25Cl2NO5. The topological polar surface area (TPSA) is 69.0 Å². The summed E-state index contributed by atoms with van der Waals surface area (Å²) in [6.07, 6.45) is 0.518. The van der Waals surface area contributed by atoms with E-state index in [2.05, 4.69) is 0 Å². The highest BCUT2D eigenvalue weighted by Gasteiger charge is 2.42. The van der Waals surface area contributed by atoms with Gasteiger partial charge in [0.1, 0.15) is 5.58 Å². The molecule has 8 heteroatoms. The zero-order valence-electron chi connectivity index (χ0n) is 20.9. The molecule has 0 saturated carbocycles. The lowest BCUT2D eigenvalue weighted by Crippen LogP contribution is -2.31. The lowest BCUT2D eigenvalue weighted by molar-refractivity contribution is 0.0730. The average Bonchev–Trinajstić information content (AvgIpc) is 3.15. The summed E-state index contributed by atoms with van der Waals surface area (Å²) in [7, 11) is 3.16. The van der Waals surface area contributed by atoms with Crippen LogP contribution in [0.25, 0.3) is 11.0 Å². The Morgan fingerprint density at radius 3 is 2.38 bits per heavy atom. The average molecular weight is 538 g/mol. The first-order valence-electron chi connectivity index (χ1n) is 11.8. The highest BCUT2D eigenvalue weighted by atomic mass is 35.5. The van der Waals surface area contributed by atoms with Crippen LogP contribution in [0.15, 0.2) is 57.7 Å². The van der Waals surface area contributed by atoms with Gasteiger partial charge < -0.3 is 18.8 Å². The Hall–Kier alpha value is -3.48. The molecular weight excluding hydrogens is 513 g/mol. The number of carbonyl (C=O) groups is 1. The molecule has 0 saturated heterocycles. The summed E-state index contributed by atoms with van der Waals surface area (Å²) in [5, 5.41) is 1.21. The van der Waals surface area contributed by atoms with E-state index in [4.69, 9.17) is 37.1 Å². The van der Waals surface area contributed by atoms with Crippen LogP contribution in [-0.2, 0) is 6.42 Å². The number of benzene rings is 3. The first-order chi connectivity index (χ1) is 17.7. The number of nitrogens with zero attached hydrogens (tertiary/aromatic N) is 1. The lowest BCUT2D eigenvalue weighted by Gasteiger charge is -2.25. The van der Waals surface area contributed by atoms with Crippen LogP contribution in [0.1, 0.15) is 44.4 Å². The van der Waals surface area contributed by atoms with Crippen LogP contribution in [0.3, 0.4) is 0 Å². The van der Waals surface area contributed by atoms with Gasteiger partial charge in [0.15, 0.2) is 16.9 Å². The number of hydrogen-bond acceptors (Lipinski definition) is 5. The Morgan fingerprint density at radius 2 is 1.68 bits per heavy atom. The van der Waals surface area contributed by atoms with Crippen molar-refractivity contribution >= 4 is 40.1 Å². The van der Waals surface area contributed by atoms with Crippen LogP contribution < -0.4 is 14.9 Å². The van der Waals surface area contributed by atoms with E-state index in [1.807, 2.05) is 38.1 Å². The first kappa shape index (κ1) is 25.2. The third kappa shape index (κ3) is 4.34. The Kier molecular flexibility index (Phi) is 6.65. The maximum Gasteiger partial charge on any atom is 0.290 e. The van der Waals surface area contributed by atoms with Gasteiger partial charge in [0.05, 0.1) is 41.3 Å². The molecule has 37 heavy (non-hydrogen) atoms. The summed E-state index contributed by atoms with van der Waals surface area (Å²) in [6.45, 7) is 4.13. The number of aryl methyl sites for hydroxylation is 2. The van der Waals surface area contributed by atoms with Gasteiger partial charge in [-0.2, -0.15) is 0 Å². The summed E-state index contributed by atoms with van der Waals surface area (Å²) in [5.74, 6) is 0.943. The molecule has 1 aromatic heterocycles. The molecule has 3 aromatic carbocycles. The minimum absolute atomic E-state index is 0.0610. The van der Waals surface area contributed by atoms with Crippen molar-refractivity contribution in [2.45, 2.75) is 26.3 Å². The summed E-state index contributed by atoms with van der Waals surface area (Å²) in [5.41, 5.74) is 3.89. The number of hydrogen-bond donors (Lipinski definition) is 0. The third-order valence-corrected chi connectivity index (χ3v) is 7.50. The molecule has 1 atom stereocenters. The van der Waals surface area contributed by atoms with Gasteiger partial charge in [0, 0.05) is 6.54 Å². The molecule has 0 fully saturated rings. The van der Waals surface area contributed by atoms with Crippen LogP contribution in [0.2, 0.25) is 10.0 Å². The largest absolute Gasteiger partial charge is 0.493 e. The molecule has 2 heterocycles. The molecule has 5 rings (SSSR count). The molecule has 0 radical (unpaired) electrons. The van der Waals surface area contributed by atoms with Gasteiger partial charge in [-0.25, -0.2) is 0 Å². The number of ether oxygens (including phenoxy) is 2. The van der Waals surface area contributed by atoms with E-state index in [9.17, 15) is 9.59 Å². The number of methoxy groups -OCH3 is 2. The van der Waals surface area contributed by atoms with Crippen LogP contribution in [0, 0.1) is 13.8 Å². The van der Waals surface area contributed by atoms with E-state index < -0.39 is 6.04 Å². The Labute approximate surface area is 224 Å². The number of halogens is 2. The van der Waals surface area contributed by atoms with Gasteiger partial charge in [-0.1, -0.05) is 41.4 Å². The van der Waals surface area contributed by atoms with Crippen molar-refractivity contribution in [1.82, 2.24) is 4.90 Å². The fourth-order valence-corrected chi connectivity index (χ4v) is 5.37. The molecule has 0 aliphatic carbocycles. The van der Waals surface area contributed by atoms with Crippen molar-refractivity contribution in [2.24, 2.45) is 0 Å². The second kappa shape index (κ2) is 9.77. The van der Waals surface area contributed by atoms with Gasteiger partial charge in [-0.05, 0) is 72.9 Å². The highest BCUT2D eigenvalue weighted by molar-refractivity contribution is 6.42. The SMILES string of the molecule is COc1ccc(CCN2C(=O)c3oc4cc(C)cc(C)c4c(=O)c3C2c2ccc(Cl)c(Cl)c2)cc1OC. The van der Waals surface area contributed by atoms with Crippen molar-refractivity contribution in [3.05, 3.63) is 102 Å². The molecule has 1 unspecified atom stereocenters. The molecule has 4 aromatic rings. The van der Waals surface area contributed by atoms with Gasteiger partial charge in [0.2, 0.25) is 5.76 Å². The Morgan fingerprint density at radius 1 is 0.919 bits per heavy atom. The molecule has 1 aliphatic heterocycles. The van der Waals surface area contributed by atoms with Crippen molar-refractivity contribution < 1.29 is 18.7 Å². The number of fused-ring (bicyclic) bond motifs is 2. The Bertz CT molecular complexity index is 1610. The molecule has 0 spiro atoms. The van der Waals surface area contributed by atoms with Crippen LogP contribution in [0.5, 0.6) is 11.5 Å². The zero-order valence-corrected chi connectivity index (χ0v) is 22.4. The summed E-state index contributed by atoms with van der Waals surface area (Å²) < 4.78 is 16.9. The van der Waals surface area contributed by atoms with E-state index in [1.54, 1.807) is 43.4 Å². The predicted octanol–water partition coefficient (Wildman–Crippen LogP) is 6.52. The number of rotatable bonds is 6. The fourth-order valence-electron chi connectivity index (χ4n) is 5.06. The van der Waals surface area contributed by atoms with E-state index in [0.29, 0.717) is 56.6 Å². The van der Waals surface area contributed by atoms with Crippen molar-refractivity contribution in [3.63, 3.8) is 0 Å². The van der Waals surface area contributed by atoms with E-state index in [0.717, 1.165) is 16.7 Å². The predicted molar refractivity (Wildman–Crippen MR) is 145 cm³/mol. The van der Waals surface area contributed by atoms with Crippen LogP contribution in [0.4, 0.5) is 0 Å². The summed E-state index contributed by atoms with van der Waals surface area (Å²) >= 11 is 12.5. The van der Waals surface area contributed by atoms with Gasteiger partial charge in [-0.3, -0.25) is 9.59 Å². The zero-order chi connectivity index (χ0) is 26.4. The maximum atomic E-state index is 13.9. The second-order valence-corrected chi connectivity index (χ2v) is 9.96. The lowest BCUT2D eigenvalue weighted by atomic mass is 9.96. The fraction of sp³-hybridized carbons (Fsp3) is 0.241. The first-order valence-corrected chi connectivity index (χ1v) is 12.5. The van der Waals surface area contributed by atoms with Crippen molar-refractivity contribution in [1.29, 1.82) is 0 Å². The minimum atomic E-state index is -0.668. The standard InChI is InChI=1S/C29H25Cl2NO5/c1-15-11-16(2)24-23(12-15)37-28-25(27(24)33)26(18-6-7-19(30)20(31)14-18)32(29(28)34)10-9-17-5-8-21(35-3)22(13-17)36-4/h5-8,11-14,26H,9-10H2,1-4H3. The van der Waals surface area contributed by atoms with Crippen molar-refractivity contribution in [3.8, 4) is 11.5 Å². The van der Waals surface area contributed by atoms with Crippen LogP contribution >= 0.6 is 23.2 Å². The van der Waals surface area contributed by atoms with Gasteiger partial charge in [-0.15, -0.1) is 0 Å². The van der Waals surface area contributed by atoms with Crippen LogP contribution in [-0.4, -0.2) is 31.6 Å². The maximum absolute atomic E-state index is 13.9. The molecule has 1 amide bonds. The van der Waals surface area contributed by atoms with Gasteiger partial charge >= 0.3 is 0 Å². The number of carbonyl (C=O) groups excluding carboxylic acids is 1. The Balaban J connectivity index is 1.63. The molecule has 190 valence electrons. The normalized spacial score (nSPS) is 14.8. The highest BCUT2D eigenvalue weighted by Crippen LogP contribution is 2.40. The molecule has 6 nitrogen and oxygen atoms in total. The third-order valence-electron chi connectivity index (χ3n) is 6.76. The number of amides is 1. The quantitative estimate of drug-likeness (QED) is 0.280. The summed E-state index contributed by atoms with van der Waals surface area (Å²) in [6, 6.07) is 13.8. The molecule has 0 bridgehead atoms. The second-order valence-electron chi connectivity index (χ2n) is 9.14. The summed E-state index contributed by atoms with van der Waals surface area (Å²) in [4.78, 5) is 29.3. The molecule has 1 aliphatic rings. The van der Waals surface area contributed by atoms with E-state index in [1.165, 1.54) is 0 Å². The molecule has 0 N–H and O–H groups in total. The minimum Gasteiger partial charge on any atom is -0.493 e. The monoisotopic (exact) mass is 537 g/mol. The van der Waals surface area contributed by atoms with Gasteiger partial charge in [0.25, 0.3) is 5.91 Å².